The van der Waals surface area contributed by atoms with Crippen LogP contribution in [0.15, 0.2) is 0 Å². The van der Waals surface area contributed by atoms with Crippen molar-refractivity contribution in [3.05, 3.63) is 0 Å². The summed E-state index contributed by atoms with van der Waals surface area (Å²) in [6.45, 7) is 12.0. The van der Waals surface area contributed by atoms with E-state index in [1.54, 1.807) is 0 Å². The molecule has 0 aliphatic heterocycles. The number of unbranched alkanes of at least 4 members (excludes halogenated alkanes) is 1. The van der Waals surface area contributed by atoms with Gasteiger partial charge in [-0.1, -0.05) is 47.5 Å². The predicted octanol–water partition coefficient (Wildman–Crippen LogP) is 3.20. The van der Waals surface area contributed by atoms with E-state index in [9.17, 15) is 0 Å². The van der Waals surface area contributed by atoms with E-state index in [-0.39, 0.29) is 0 Å². The van der Waals surface area contributed by atoms with Crippen LogP contribution in [0.5, 0.6) is 0 Å². The number of hydrogen-bond acceptors (Lipinski definition) is 1. The van der Waals surface area contributed by atoms with Gasteiger partial charge in [-0.25, -0.2) is 0 Å². The highest BCUT2D eigenvalue weighted by atomic mass is 14.9. The van der Waals surface area contributed by atoms with Crippen LogP contribution in [0.1, 0.15) is 53.9 Å². The number of rotatable bonds is 4. The summed E-state index contributed by atoms with van der Waals surface area (Å²) in [6, 6.07) is 0.653. The second-order valence-electron chi connectivity index (χ2n) is 3.11. The van der Waals surface area contributed by atoms with Crippen LogP contribution >= 0.6 is 0 Å². The molecule has 0 unspecified atom stereocenters. The quantitative estimate of drug-likeness (QED) is 0.664. The Hall–Kier alpha value is -0.0400. The zero-order valence-electron chi connectivity index (χ0n) is 8.91. The minimum absolute atomic E-state index is 0.653. The van der Waals surface area contributed by atoms with Gasteiger partial charge in [-0.05, 0) is 13.0 Å². The molecule has 0 aliphatic rings. The van der Waals surface area contributed by atoms with E-state index in [2.05, 4.69) is 39.9 Å². The molecule has 0 atom stereocenters. The van der Waals surface area contributed by atoms with E-state index in [4.69, 9.17) is 0 Å². The Morgan fingerprint density at radius 1 is 0.909 bits per heavy atom. The Balaban J connectivity index is 0. The Morgan fingerprint density at radius 2 is 1.36 bits per heavy atom. The summed E-state index contributed by atoms with van der Waals surface area (Å²) >= 11 is 0. The van der Waals surface area contributed by atoms with E-state index >= 15 is 0 Å². The second kappa shape index (κ2) is 12.6. The molecular formula is C10H25N. The molecule has 0 aromatic rings. The van der Waals surface area contributed by atoms with Crippen molar-refractivity contribution in [3.8, 4) is 0 Å². The molecule has 1 nitrogen and oxygen atoms in total. The topological polar surface area (TPSA) is 12.0 Å². The molecule has 1 N–H and O–H groups in total. The van der Waals surface area contributed by atoms with E-state index in [0.29, 0.717) is 6.04 Å². The highest BCUT2D eigenvalue weighted by Gasteiger charge is 1.85. The first-order chi connectivity index (χ1) is 5.18. The summed E-state index contributed by atoms with van der Waals surface area (Å²) in [5, 5.41) is 3.30. The van der Waals surface area contributed by atoms with Gasteiger partial charge in [0.05, 0.1) is 0 Å². The average Bonchev–Trinajstić information content (AvgIpc) is 2.01. The minimum atomic E-state index is 0.653. The Morgan fingerprint density at radius 3 is 1.45 bits per heavy atom. The van der Waals surface area contributed by atoms with Crippen molar-refractivity contribution >= 4 is 0 Å². The van der Waals surface area contributed by atoms with Gasteiger partial charge in [-0.3, -0.25) is 0 Å². The lowest BCUT2D eigenvalue weighted by molar-refractivity contribution is 0.584. The lowest BCUT2D eigenvalue weighted by atomic mass is 10.4. The molecule has 0 aliphatic carbocycles. The largest absolute Gasteiger partial charge is 0.315 e. The molecule has 0 saturated heterocycles. The molecule has 11 heavy (non-hydrogen) atoms. The fourth-order valence-corrected chi connectivity index (χ4v) is 0.433. The van der Waals surface area contributed by atoms with Crippen LogP contribution in [-0.4, -0.2) is 12.6 Å². The van der Waals surface area contributed by atoms with E-state index in [1.807, 2.05) is 0 Å². The number of nitrogens with one attached hydrogen (secondary N) is 1. The zero-order valence-corrected chi connectivity index (χ0v) is 8.91. The van der Waals surface area contributed by atoms with Crippen molar-refractivity contribution in [1.82, 2.24) is 5.32 Å². The van der Waals surface area contributed by atoms with E-state index in [0.717, 1.165) is 6.54 Å². The molecule has 0 saturated carbocycles. The summed E-state index contributed by atoms with van der Waals surface area (Å²) in [4.78, 5) is 0. The third-order valence-electron chi connectivity index (χ3n) is 1.30. The summed E-state index contributed by atoms with van der Waals surface area (Å²) in [5.41, 5.74) is 0. The summed E-state index contributed by atoms with van der Waals surface area (Å²) in [7, 11) is 0. The van der Waals surface area contributed by atoms with Crippen LogP contribution in [-0.2, 0) is 0 Å². The Kier molecular flexibility index (Phi) is 15.5. The predicted molar refractivity (Wildman–Crippen MR) is 54.0 cm³/mol. The van der Waals surface area contributed by atoms with Crippen molar-refractivity contribution in [3.63, 3.8) is 0 Å². The number of hydrogen-bond donors (Lipinski definition) is 1. The van der Waals surface area contributed by atoms with Crippen LogP contribution in [0.4, 0.5) is 0 Å². The Labute approximate surface area is 72.6 Å². The van der Waals surface area contributed by atoms with Gasteiger partial charge >= 0.3 is 0 Å². The normalized spacial score (nSPS) is 9.27. The molecule has 0 aromatic heterocycles. The van der Waals surface area contributed by atoms with Crippen LogP contribution in [0.3, 0.4) is 0 Å². The SMILES string of the molecule is CCCC.CCCNC(C)C. The van der Waals surface area contributed by atoms with Gasteiger partial charge in [-0.2, -0.15) is 0 Å². The second-order valence-corrected chi connectivity index (χ2v) is 3.11. The first-order valence-corrected chi connectivity index (χ1v) is 4.92. The standard InChI is InChI=1S/C6H15N.C4H10/c1-4-5-7-6(2)3;1-3-4-2/h6-7H,4-5H2,1-3H3;3-4H2,1-2H3. The fraction of sp³-hybridized carbons (Fsp3) is 1.00. The van der Waals surface area contributed by atoms with Gasteiger partial charge in [0.2, 0.25) is 0 Å². The lowest BCUT2D eigenvalue weighted by Gasteiger charge is -2.03. The molecule has 1 heteroatoms. The third-order valence-corrected chi connectivity index (χ3v) is 1.30. The monoisotopic (exact) mass is 159 g/mol. The highest BCUT2D eigenvalue weighted by Crippen LogP contribution is 1.77. The fourth-order valence-electron chi connectivity index (χ4n) is 0.433. The van der Waals surface area contributed by atoms with Crippen LogP contribution < -0.4 is 5.32 Å². The van der Waals surface area contributed by atoms with Gasteiger partial charge in [0.15, 0.2) is 0 Å². The molecular weight excluding hydrogens is 134 g/mol. The molecule has 0 fully saturated rings. The van der Waals surface area contributed by atoms with Gasteiger partial charge < -0.3 is 5.32 Å². The molecule has 0 heterocycles. The van der Waals surface area contributed by atoms with Gasteiger partial charge in [0, 0.05) is 6.04 Å². The van der Waals surface area contributed by atoms with Crippen LogP contribution in [0.25, 0.3) is 0 Å². The lowest BCUT2D eigenvalue weighted by Crippen LogP contribution is -2.22. The van der Waals surface area contributed by atoms with Gasteiger partial charge in [0.1, 0.15) is 0 Å². The molecule has 0 amide bonds. The molecule has 0 spiro atoms. The van der Waals surface area contributed by atoms with E-state index in [1.165, 1.54) is 19.3 Å². The summed E-state index contributed by atoms with van der Waals surface area (Å²) in [5.74, 6) is 0. The molecule has 0 radical (unpaired) electrons. The van der Waals surface area contributed by atoms with Crippen LogP contribution in [0, 0.1) is 0 Å². The average molecular weight is 159 g/mol. The van der Waals surface area contributed by atoms with Gasteiger partial charge in [-0.15, -0.1) is 0 Å². The zero-order chi connectivity index (χ0) is 9.11. The van der Waals surface area contributed by atoms with Crippen molar-refractivity contribution in [1.29, 1.82) is 0 Å². The first-order valence-electron chi connectivity index (χ1n) is 4.92. The molecule has 0 aromatic carbocycles. The maximum Gasteiger partial charge on any atom is 0.00103 e. The Bertz CT molecular complexity index is 48.8. The molecule has 0 bridgehead atoms. The van der Waals surface area contributed by atoms with Crippen LogP contribution in [0.2, 0.25) is 0 Å². The van der Waals surface area contributed by atoms with Crippen molar-refractivity contribution < 1.29 is 0 Å². The third kappa shape index (κ3) is 25.7. The highest BCUT2D eigenvalue weighted by molar-refractivity contribution is 4.48. The molecule has 0 rings (SSSR count). The maximum absolute atomic E-state index is 3.30. The first kappa shape index (κ1) is 13.5. The maximum atomic E-state index is 3.30. The van der Waals surface area contributed by atoms with Gasteiger partial charge in [0.25, 0.3) is 0 Å². The van der Waals surface area contributed by atoms with Crippen molar-refractivity contribution in [2.75, 3.05) is 6.54 Å². The summed E-state index contributed by atoms with van der Waals surface area (Å²) < 4.78 is 0. The molecule has 70 valence electrons. The smallest absolute Gasteiger partial charge is 0.00103 e. The van der Waals surface area contributed by atoms with Crippen molar-refractivity contribution in [2.24, 2.45) is 0 Å². The minimum Gasteiger partial charge on any atom is -0.315 e. The van der Waals surface area contributed by atoms with Crippen molar-refractivity contribution in [2.45, 2.75) is 59.9 Å². The summed E-state index contributed by atoms with van der Waals surface area (Å²) in [6.07, 6.45) is 3.87. The van der Waals surface area contributed by atoms with E-state index < -0.39 is 0 Å².